The van der Waals surface area contributed by atoms with Gasteiger partial charge in [-0.3, -0.25) is 9.59 Å². The van der Waals surface area contributed by atoms with E-state index in [4.69, 9.17) is 11.6 Å². The molecule has 2 aromatic carbocycles. The fourth-order valence-corrected chi connectivity index (χ4v) is 4.67. The van der Waals surface area contributed by atoms with Gasteiger partial charge in [-0.1, -0.05) is 29.8 Å². The van der Waals surface area contributed by atoms with E-state index in [-0.39, 0.29) is 5.91 Å². The topological polar surface area (TPSA) is 52.7 Å². The molecule has 2 heterocycles. The Labute approximate surface area is 170 Å². The van der Waals surface area contributed by atoms with Gasteiger partial charge in [0.1, 0.15) is 0 Å². The van der Waals surface area contributed by atoms with Gasteiger partial charge >= 0.3 is 0 Å². The van der Waals surface area contributed by atoms with Crippen LogP contribution in [0.5, 0.6) is 0 Å². The summed E-state index contributed by atoms with van der Waals surface area (Å²) in [6, 6.07) is 11.9. The van der Waals surface area contributed by atoms with E-state index < -0.39 is 11.0 Å². The molecule has 0 atom stereocenters. The second-order valence-corrected chi connectivity index (χ2v) is 8.76. The molecule has 5 nitrogen and oxygen atoms in total. The maximum atomic E-state index is 12.6. The minimum Gasteiger partial charge on any atom is -0.372 e. The minimum absolute atomic E-state index is 0.0934. The summed E-state index contributed by atoms with van der Waals surface area (Å²) in [4.78, 5) is 27.3. The number of hydrogen-bond acceptors (Lipinski definition) is 3. The van der Waals surface area contributed by atoms with Crippen LogP contribution in [-0.4, -0.2) is 37.4 Å². The molecule has 6 heteroatoms. The molecular weight excluding hydrogens is 374 g/mol. The summed E-state index contributed by atoms with van der Waals surface area (Å²) < 4.78 is 0. The largest absolute Gasteiger partial charge is 0.372 e. The van der Waals surface area contributed by atoms with E-state index in [1.54, 1.807) is 9.80 Å². The molecule has 0 aromatic heterocycles. The second-order valence-electron chi connectivity index (χ2n) is 8.35. The van der Waals surface area contributed by atoms with E-state index in [1.165, 1.54) is 0 Å². The van der Waals surface area contributed by atoms with Crippen molar-refractivity contribution in [3.8, 4) is 0 Å². The molecule has 0 aliphatic carbocycles. The Morgan fingerprint density at radius 1 is 1.14 bits per heavy atom. The van der Waals surface area contributed by atoms with E-state index in [2.05, 4.69) is 11.4 Å². The third kappa shape index (κ3) is 2.60. The van der Waals surface area contributed by atoms with Gasteiger partial charge in [0, 0.05) is 36.5 Å². The Bertz CT molecular complexity index is 980. The molecule has 0 saturated carbocycles. The number of likely N-dealkylation sites (N-methyl/N-ethyl adjacent to an activating group) is 1. The smallest absolute Gasteiger partial charge is 0.236 e. The van der Waals surface area contributed by atoms with Crippen molar-refractivity contribution < 1.29 is 9.59 Å². The van der Waals surface area contributed by atoms with Crippen molar-refractivity contribution in [2.75, 3.05) is 30.4 Å². The van der Waals surface area contributed by atoms with Crippen LogP contribution in [0.25, 0.3) is 0 Å². The number of carbonyl (C=O) groups excluding carboxylic acids is 2. The highest BCUT2D eigenvalue weighted by molar-refractivity contribution is 6.31. The molecule has 1 saturated heterocycles. The Hall–Kier alpha value is -2.53. The monoisotopic (exact) mass is 397 g/mol. The number of hydrogen-bond donors (Lipinski definition) is 1. The normalized spacial score (nSPS) is 19.2. The average molecular weight is 398 g/mol. The number of fused-ring (bicyclic) bond motifs is 1. The third-order valence-corrected chi connectivity index (χ3v) is 6.54. The molecule has 1 N–H and O–H groups in total. The molecule has 146 valence electrons. The fraction of sp³-hybridized carbons (Fsp3) is 0.364. The number of nitrogens with zero attached hydrogens (tertiary/aromatic N) is 2. The predicted molar refractivity (Wildman–Crippen MR) is 112 cm³/mol. The van der Waals surface area contributed by atoms with Gasteiger partial charge in [-0.2, -0.15) is 0 Å². The summed E-state index contributed by atoms with van der Waals surface area (Å²) in [6.07, 6.45) is 0.872. The number of halogens is 1. The van der Waals surface area contributed by atoms with Gasteiger partial charge in [-0.15, -0.1) is 0 Å². The summed E-state index contributed by atoms with van der Waals surface area (Å²) >= 11 is 6.36. The standard InChI is InChI=1S/C22H24ClN3O2/c1-14-16(6-5-7-18(14)23)22(11-26(12-22)13-27)24-15-8-9-17-19(10-15)25(4)20(28)21(17,2)3/h5-10,13,24H,11-12H2,1-4H3. The molecule has 2 aromatic rings. The van der Waals surface area contributed by atoms with Gasteiger partial charge < -0.3 is 15.1 Å². The SMILES string of the molecule is Cc1c(Cl)cccc1C1(Nc2ccc3c(c2)N(C)C(=O)C3(C)C)CN(C=O)C1. The number of benzene rings is 2. The predicted octanol–water partition coefficient (Wildman–Crippen LogP) is 3.68. The lowest BCUT2D eigenvalue weighted by Gasteiger charge is -2.50. The highest BCUT2D eigenvalue weighted by Gasteiger charge is 2.46. The number of nitrogens with one attached hydrogen (secondary N) is 1. The lowest BCUT2D eigenvalue weighted by molar-refractivity contribution is -0.124. The number of rotatable bonds is 4. The maximum absolute atomic E-state index is 12.6. The minimum atomic E-state index is -0.519. The summed E-state index contributed by atoms with van der Waals surface area (Å²) in [5.41, 5.74) is 4.04. The molecule has 0 spiro atoms. The van der Waals surface area contributed by atoms with Gasteiger partial charge in [0.15, 0.2) is 0 Å². The van der Waals surface area contributed by atoms with Crippen LogP contribution in [0.2, 0.25) is 5.02 Å². The van der Waals surface area contributed by atoms with E-state index >= 15 is 0 Å². The Balaban J connectivity index is 1.73. The molecule has 28 heavy (non-hydrogen) atoms. The lowest BCUT2D eigenvalue weighted by atomic mass is 9.80. The van der Waals surface area contributed by atoms with Gasteiger partial charge in [0.2, 0.25) is 12.3 Å². The number of likely N-dealkylation sites (tertiary alicyclic amines) is 1. The van der Waals surface area contributed by atoms with Crippen LogP contribution < -0.4 is 10.2 Å². The van der Waals surface area contributed by atoms with Gasteiger partial charge in [-0.25, -0.2) is 0 Å². The Morgan fingerprint density at radius 3 is 2.54 bits per heavy atom. The number of amides is 2. The molecule has 4 rings (SSSR count). The Kier molecular flexibility index (Phi) is 4.19. The summed E-state index contributed by atoms with van der Waals surface area (Å²) in [7, 11) is 1.81. The van der Waals surface area contributed by atoms with Crippen LogP contribution in [0.4, 0.5) is 11.4 Å². The van der Waals surface area contributed by atoms with Crippen molar-refractivity contribution in [2.24, 2.45) is 0 Å². The van der Waals surface area contributed by atoms with Crippen molar-refractivity contribution in [1.29, 1.82) is 0 Å². The van der Waals surface area contributed by atoms with Crippen molar-refractivity contribution in [1.82, 2.24) is 4.90 Å². The fourth-order valence-electron chi connectivity index (χ4n) is 4.50. The zero-order chi connectivity index (χ0) is 20.3. The molecule has 0 bridgehead atoms. The zero-order valence-corrected chi connectivity index (χ0v) is 17.3. The summed E-state index contributed by atoms with van der Waals surface area (Å²) in [5, 5.41) is 4.35. The van der Waals surface area contributed by atoms with Crippen LogP contribution in [0, 0.1) is 6.92 Å². The van der Waals surface area contributed by atoms with Crippen LogP contribution in [0.15, 0.2) is 36.4 Å². The molecule has 2 aliphatic heterocycles. The highest BCUT2D eigenvalue weighted by atomic mass is 35.5. The molecule has 2 amide bonds. The van der Waals surface area contributed by atoms with Crippen molar-refractivity contribution in [3.63, 3.8) is 0 Å². The molecule has 0 radical (unpaired) electrons. The van der Waals surface area contributed by atoms with Crippen LogP contribution in [0.1, 0.15) is 30.5 Å². The van der Waals surface area contributed by atoms with Gasteiger partial charge in [-0.05, 0) is 55.7 Å². The van der Waals surface area contributed by atoms with Crippen LogP contribution in [-0.2, 0) is 20.5 Å². The average Bonchev–Trinajstić information content (AvgIpc) is 2.81. The van der Waals surface area contributed by atoms with Crippen molar-refractivity contribution in [2.45, 2.75) is 31.7 Å². The molecule has 2 aliphatic rings. The van der Waals surface area contributed by atoms with Gasteiger partial charge in [0.05, 0.1) is 11.0 Å². The summed E-state index contributed by atoms with van der Waals surface area (Å²) in [5.74, 6) is 0.0934. The van der Waals surface area contributed by atoms with Crippen molar-refractivity contribution >= 4 is 35.3 Å². The molecular formula is C22H24ClN3O2. The number of anilines is 2. The first-order valence-corrected chi connectivity index (χ1v) is 9.73. The maximum Gasteiger partial charge on any atom is 0.236 e. The lowest BCUT2D eigenvalue weighted by Crippen LogP contribution is -2.63. The van der Waals surface area contributed by atoms with E-state index in [9.17, 15) is 9.59 Å². The third-order valence-electron chi connectivity index (χ3n) is 6.13. The quantitative estimate of drug-likeness (QED) is 0.800. The first kappa shape index (κ1) is 18.8. The second kappa shape index (κ2) is 6.24. The zero-order valence-electron chi connectivity index (χ0n) is 16.5. The molecule has 1 fully saturated rings. The highest BCUT2D eigenvalue weighted by Crippen LogP contribution is 2.44. The van der Waals surface area contributed by atoms with Crippen LogP contribution in [0.3, 0.4) is 0 Å². The molecule has 0 unspecified atom stereocenters. The first-order valence-electron chi connectivity index (χ1n) is 9.35. The van der Waals surface area contributed by atoms with Crippen LogP contribution >= 0.6 is 11.6 Å². The summed E-state index contributed by atoms with van der Waals surface area (Å²) in [6.45, 7) is 7.04. The van der Waals surface area contributed by atoms with E-state index in [0.29, 0.717) is 18.1 Å². The van der Waals surface area contributed by atoms with Crippen molar-refractivity contribution in [3.05, 3.63) is 58.1 Å². The Morgan fingerprint density at radius 2 is 1.86 bits per heavy atom. The van der Waals surface area contributed by atoms with E-state index in [0.717, 1.165) is 34.5 Å². The van der Waals surface area contributed by atoms with Gasteiger partial charge in [0.25, 0.3) is 0 Å². The first-order chi connectivity index (χ1) is 13.2. The number of carbonyl (C=O) groups is 2. The van der Waals surface area contributed by atoms with E-state index in [1.807, 2.05) is 58.2 Å².